The number of carboxylic acids is 1. The van der Waals surface area contributed by atoms with E-state index < -0.39 is 23.2 Å². The van der Waals surface area contributed by atoms with E-state index in [1.165, 1.54) is 4.68 Å². The Kier molecular flexibility index (Phi) is 4.27. The molecule has 2 atom stereocenters. The smallest absolute Gasteiger partial charge is 0.419 e. The highest BCUT2D eigenvalue weighted by Gasteiger charge is 2.47. The minimum absolute atomic E-state index is 0.112. The van der Waals surface area contributed by atoms with E-state index in [4.69, 9.17) is 0 Å². The summed E-state index contributed by atoms with van der Waals surface area (Å²) in [4.78, 5) is 11.5. The Bertz CT molecular complexity index is 515. The first-order valence-electron chi connectivity index (χ1n) is 6.81. The number of aryl methyl sites for hydroxylation is 1. The molecule has 0 aliphatic heterocycles. The van der Waals surface area contributed by atoms with Crippen molar-refractivity contribution in [3.05, 3.63) is 18.0 Å². The molecule has 0 radical (unpaired) electrons. The summed E-state index contributed by atoms with van der Waals surface area (Å²) in [6.45, 7) is 0.275. The molecule has 1 heterocycles. The highest BCUT2D eigenvalue weighted by molar-refractivity contribution is 5.79. The van der Waals surface area contributed by atoms with Crippen molar-refractivity contribution in [3.8, 4) is 0 Å². The van der Waals surface area contributed by atoms with Crippen molar-refractivity contribution in [3.63, 3.8) is 0 Å². The predicted molar refractivity (Wildman–Crippen MR) is 68.6 cm³/mol. The number of nitrogens with one attached hydrogen (secondary N) is 1. The van der Waals surface area contributed by atoms with Crippen LogP contribution in [-0.2, 0) is 17.5 Å². The van der Waals surface area contributed by atoms with Gasteiger partial charge >= 0.3 is 12.1 Å². The molecule has 1 fully saturated rings. The molecule has 2 unspecified atom stereocenters. The number of carbonyl (C=O) groups is 1. The predicted octanol–water partition coefficient (Wildman–Crippen LogP) is 2.13. The molecule has 0 saturated heterocycles. The van der Waals surface area contributed by atoms with Gasteiger partial charge in [-0.3, -0.25) is 9.48 Å². The molecule has 0 spiro atoms. The first-order chi connectivity index (χ1) is 9.79. The summed E-state index contributed by atoms with van der Waals surface area (Å²) in [5.41, 5.74) is -1.76. The lowest BCUT2D eigenvalue weighted by Crippen LogP contribution is -2.53. The Labute approximate surface area is 120 Å². The Morgan fingerprint density at radius 2 is 2.33 bits per heavy atom. The summed E-state index contributed by atoms with van der Waals surface area (Å²) in [6, 6.07) is 0. The topological polar surface area (TPSA) is 67.2 Å². The zero-order valence-corrected chi connectivity index (χ0v) is 11.7. The minimum atomic E-state index is -4.40. The molecular weight excluding hydrogens is 287 g/mol. The van der Waals surface area contributed by atoms with E-state index in [2.05, 4.69) is 10.4 Å². The van der Waals surface area contributed by atoms with Crippen LogP contribution < -0.4 is 5.32 Å². The maximum absolute atomic E-state index is 12.5. The van der Waals surface area contributed by atoms with E-state index >= 15 is 0 Å². The average Bonchev–Trinajstić information content (AvgIpc) is 3.02. The third-order valence-electron chi connectivity index (χ3n) is 4.32. The maximum Gasteiger partial charge on any atom is 0.419 e. The van der Waals surface area contributed by atoms with Crippen LogP contribution in [-0.4, -0.2) is 33.4 Å². The van der Waals surface area contributed by atoms with Crippen LogP contribution in [0, 0.1) is 5.92 Å². The van der Waals surface area contributed by atoms with Gasteiger partial charge in [-0.1, -0.05) is 6.42 Å². The highest BCUT2D eigenvalue weighted by atomic mass is 19.4. The third-order valence-corrected chi connectivity index (χ3v) is 4.32. The van der Waals surface area contributed by atoms with Gasteiger partial charge in [-0.15, -0.1) is 0 Å². The van der Waals surface area contributed by atoms with Crippen molar-refractivity contribution in [1.82, 2.24) is 15.1 Å². The number of carboxylic acid groups (broad SMARTS) is 1. The second-order valence-corrected chi connectivity index (χ2v) is 5.39. The standard InChI is InChI=1S/C13H18F3N3O2/c1-17-12(11(20)21)5-2-3-9(12)4-6-19-8-10(7-18-19)13(14,15)16/h7-9,17H,2-6H2,1H3,(H,20,21). The van der Waals surface area contributed by atoms with Gasteiger partial charge in [0.2, 0.25) is 0 Å². The number of aliphatic carboxylic acids is 1. The van der Waals surface area contributed by atoms with E-state index in [9.17, 15) is 23.1 Å². The van der Waals surface area contributed by atoms with Crippen molar-refractivity contribution in [2.24, 2.45) is 5.92 Å². The van der Waals surface area contributed by atoms with E-state index in [1.807, 2.05) is 0 Å². The summed E-state index contributed by atoms with van der Waals surface area (Å²) in [5, 5.41) is 16.0. The lowest BCUT2D eigenvalue weighted by molar-refractivity contribution is -0.146. The largest absolute Gasteiger partial charge is 0.480 e. The monoisotopic (exact) mass is 305 g/mol. The molecule has 0 bridgehead atoms. The summed E-state index contributed by atoms with van der Waals surface area (Å²) in [5.74, 6) is -1.01. The van der Waals surface area contributed by atoms with Crippen molar-refractivity contribution < 1.29 is 23.1 Å². The zero-order valence-electron chi connectivity index (χ0n) is 11.7. The van der Waals surface area contributed by atoms with Gasteiger partial charge in [0.1, 0.15) is 5.54 Å². The molecule has 2 rings (SSSR count). The first-order valence-corrected chi connectivity index (χ1v) is 6.81. The Hall–Kier alpha value is -1.57. The summed E-state index contributed by atoms with van der Waals surface area (Å²) in [7, 11) is 1.61. The van der Waals surface area contributed by atoms with Crippen LogP contribution in [0.1, 0.15) is 31.2 Å². The molecule has 1 aliphatic rings. The number of nitrogens with zero attached hydrogens (tertiary/aromatic N) is 2. The molecule has 8 heteroatoms. The molecule has 0 amide bonds. The number of hydrogen-bond donors (Lipinski definition) is 2. The van der Waals surface area contributed by atoms with Crippen LogP contribution in [0.15, 0.2) is 12.4 Å². The van der Waals surface area contributed by atoms with Gasteiger partial charge < -0.3 is 10.4 Å². The molecule has 1 saturated carbocycles. The summed E-state index contributed by atoms with van der Waals surface area (Å²) >= 11 is 0. The Balaban J connectivity index is 2.02. The fourth-order valence-electron chi connectivity index (χ4n) is 3.11. The van der Waals surface area contributed by atoms with Gasteiger partial charge in [-0.2, -0.15) is 18.3 Å². The second kappa shape index (κ2) is 5.67. The molecule has 1 aliphatic carbocycles. The fraction of sp³-hybridized carbons (Fsp3) is 0.692. The van der Waals surface area contributed by atoms with E-state index in [0.717, 1.165) is 25.2 Å². The van der Waals surface area contributed by atoms with Crippen molar-refractivity contribution in [2.45, 2.75) is 43.9 Å². The second-order valence-electron chi connectivity index (χ2n) is 5.39. The zero-order chi connectivity index (χ0) is 15.7. The Morgan fingerprint density at radius 1 is 1.62 bits per heavy atom. The fourth-order valence-corrected chi connectivity index (χ4v) is 3.11. The number of aromatic nitrogens is 2. The molecular formula is C13H18F3N3O2. The minimum Gasteiger partial charge on any atom is -0.480 e. The normalized spacial score (nSPS) is 26.2. The van der Waals surface area contributed by atoms with Gasteiger partial charge in [0.05, 0.1) is 11.8 Å². The number of alkyl halides is 3. The van der Waals surface area contributed by atoms with Gasteiger partial charge in [0.25, 0.3) is 0 Å². The van der Waals surface area contributed by atoms with Crippen LogP contribution in [0.4, 0.5) is 13.2 Å². The van der Waals surface area contributed by atoms with Gasteiger partial charge in [-0.25, -0.2) is 0 Å². The highest BCUT2D eigenvalue weighted by Crippen LogP contribution is 2.38. The van der Waals surface area contributed by atoms with Crippen LogP contribution in [0.5, 0.6) is 0 Å². The quantitative estimate of drug-likeness (QED) is 0.874. The average molecular weight is 305 g/mol. The molecule has 0 aromatic carbocycles. The van der Waals surface area contributed by atoms with Crippen LogP contribution >= 0.6 is 0 Å². The SMILES string of the molecule is CNC1(C(=O)O)CCCC1CCn1cc(C(F)(F)F)cn1. The van der Waals surface area contributed by atoms with Crippen LogP contribution in [0.2, 0.25) is 0 Å². The number of hydrogen-bond acceptors (Lipinski definition) is 3. The van der Waals surface area contributed by atoms with Crippen molar-refractivity contribution >= 4 is 5.97 Å². The van der Waals surface area contributed by atoms with Gasteiger partial charge in [-0.05, 0) is 32.2 Å². The summed E-state index contributed by atoms with van der Waals surface area (Å²) in [6.07, 6.45) is -0.0941. The summed E-state index contributed by atoms with van der Waals surface area (Å²) < 4.78 is 38.7. The molecule has 21 heavy (non-hydrogen) atoms. The molecule has 5 nitrogen and oxygen atoms in total. The molecule has 1 aromatic heterocycles. The number of halogens is 3. The number of rotatable bonds is 5. The maximum atomic E-state index is 12.5. The van der Waals surface area contributed by atoms with E-state index in [1.54, 1.807) is 7.05 Å². The van der Waals surface area contributed by atoms with Crippen LogP contribution in [0.3, 0.4) is 0 Å². The van der Waals surface area contributed by atoms with E-state index in [-0.39, 0.29) is 12.5 Å². The van der Waals surface area contributed by atoms with Gasteiger partial charge in [0.15, 0.2) is 0 Å². The molecule has 1 aromatic rings. The first kappa shape index (κ1) is 15.8. The van der Waals surface area contributed by atoms with Gasteiger partial charge in [0, 0.05) is 12.7 Å². The lowest BCUT2D eigenvalue weighted by Gasteiger charge is -2.31. The molecule has 118 valence electrons. The molecule has 2 N–H and O–H groups in total. The number of likely N-dealkylation sites (N-methyl/N-ethyl adjacent to an activating group) is 1. The Morgan fingerprint density at radius 3 is 2.86 bits per heavy atom. The third kappa shape index (κ3) is 3.04. The van der Waals surface area contributed by atoms with Crippen LogP contribution in [0.25, 0.3) is 0 Å². The lowest BCUT2D eigenvalue weighted by atomic mass is 9.85. The van der Waals surface area contributed by atoms with Crippen molar-refractivity contribution in [2.75, 3.05) is 7.05 Å². The van der Waals surface area contributed by atoms with Crippen molar-refractivity contribution in [1.29, 1.82) is 0 Å². The van der Waals surface area contributed by atoms with E-state index in [0.29, 0.717) is 12.8 Å².